The van der Waals surface area contributed by atoms with Crippen molar-refractivity contribution in [2.24, 2.45) is 5.73 Å². The van der Waals surface area contributed by atoms with Gasteiger partial charge in [0.15, 0.2) is 0 Å². The number of benzene rings is 1. The van der Waals surface area contributed by atoms with Gasteiger partial charge >= 0.3 is 0 Å². The fourth-order valence-electron chi connectivity index (χ4n) is 1.55. The molecule has 0 aliphatic heterocycles. The number of nitrogens with two attached hydrogens (primary N) is 1. The molecule has 2 N–H and O–H groups in total. The van der Waals surface area contributed by atoms with Crippen LogP contribution in [0.3, 0.4) is 0 Å². The minimum absolute atomic E-state index is 0.230. The van der Waals surface area contributed by atoms with Crippen molar-refractivity contribution in [1.29, 1.82) is 0 Å². The van der Waals surface area contributed by atoms with Gasteiger partial charge in [-0.1, -0.05) is 27.5 Å². The lowest BCUT2D eigenvalue weighted by Crippen LogP contribution is -2.18. The number of rotatable bonds is 4. The molecule has 0 radical (unpaired) electrons. The first kappa shape index (κ1) is 13.3. The molecule has 2 aromatic rings. The van der Waals surface area contributed by atoms with Crippen LogP contribution < -0.4 is 10.5 Å². The second-order valence-corrected chi connectivity index (χ2v) is 5.02. The first-order chi connectivity index (χ1) is 8.70. The molecule has 0 aliphatic rings. The van der Waals surface area contributed by atoms with Crippen molar-refractivity contribution in [1.82, 2.24) is 4.98 Å². The summed E-state index contributed by atoms with van der Waals surface area (Å²) in [6, 6.07) is 9.24. The van der Waals surface area contributed by atoms with Crippen LogP contribution in [0.2, 0.25) is 5.02 Å². The lowest BCUT2D eigenvalue weighted by Gasteiger charge is -2.18. The van der Waals surface area contributed by atoms with E-state index in [2.05, 4.69) is 20.9 Å². The Kier molecular flexibility index (Phi) is 4.58. The quantitative estimate of drug-likeness (QED) is 0.934. The SMILES string of the molecule is NCC(Oc1ccc(Br)cc1Cl)c1ccncc1. The summed E-state index contributed by atoms with van der Waals surface area (Å²) in [6.07, 6.45) is 3.20. The van der Waals surface area contributed by atoms with Crippen molar-refractivity contribution in [3.05, 3.63) is 57.8 Å². The van der Waals surface area contributed by atoms with E-state index in [1.54, 1.807) is 18.5 Å². The largest absolute Gasteiger partial charge is 0.483 e. The lowest BCUT2D eigenvalue weighted by atomic mass is 10.1. The Bertz CT molecular complexity index is 522. The number of hydrogen-bond acceptors (Lipinski definition) is 3. The fraction of sp³-hybridized carbons (Fsp3) is 0.154. The molecule has 0 amide bonds. The Labute approximate surface area is 119 Å². The highest BCUT2D eigenvalue weighted by atomic mass is 79.9. The summed E-state index contributed by atoms with van der Waals surface area (Å²) in [6.45, 7) is 0.371. The van der Waals surface area contributed by atoms with E-state index in [0.717, 1.165) is 10.0 Å². The monoisotopic (exact) mass is 326 g/mol. The molecule has 0 saturated heterocycles. The molecular formula is C13H12BrClN2O. The maximum atomic E-state index is 6.11. The van der Waals surface area contributed by atoms with E-state index in [4.69, 9.17) is 22.1 Å². The Morgan fingerprint density at radius 3 is 2.61 bits per heavy atom. The second-order valence-electron chi connectivity index (χ2n) is 3.70. The van der Waals surface area contributed by atoms with Gasteiger partial charge < -0.3 is 10.5 Å². The maximum absolute atomic E-state index is 6.11. The Balaban J connectivity index is 2.21. The van der Waals surface area contributed by atoms with Gasteiger partial charge in [0.2, 0.25) is 0 Å². The van der Waals surface area contributed by atoms with Crippen molar-refractivity contribution in [3.8, 4) is 5.75 Å². The summed E-state index contributed by atoms with van der Waals surface area (Å²) in [5, 5.41) is 0.553. The molecule has 2 rings (SSSR count). The van der Waals surface area contributed by atoms with Gasteiger partial charge in [0.1, 0.15) is 11.9 Å². The van der Waals surface area contributed by atoms with Crippen LogP contribution in [0.1, 0.15) is 11.7 Å². The van der Waals surface area contributed by atoms with Crippen LogP contribution in [-0.4, -0.2) is 11.5 Å². The summed E-state index contributed by atoms with van der Waals surface area (Å²) in [4.78, 5) is 3.97. The first-order valence-electron chi connectivity index (χ1n) is 5.42. The molecule has 0 fully saturated rings. The molecular weight excluding hydrogens is 316 g/mol. The van der Waals surface area contributed by atoms with Crippen molar-refractivity contribution < 1.29 is 4.74 Å². The summed E-state index contributed by atoms with van der Waals surface area (Å²) >= 11 is 9.46. The van der Waals surface area contributed by atoms with Gasteiger partial charge in [-0.2, -0.15) is 0 Å². The predicted molar refractivity (Wildman–Crippen MR) is 75.8 cm³/mol. The van der Waals surface area contributed by atoms with E-state index >= 15 is 0 Å². The molecule has 0 bridgehead atoms. The van der Waals surface area contributed by atoms with E-state index in [-0.39, 0.29) is 6.10 Å². The van der Waals surface area contributed by atoms with Gasteiger partial charge in [-0.3, -0.25) is 4.98 Å². The Hall–Kier alpha value is -1.10. The maximum Gasteiger partial charge on any atom is 0.138 e. The summed E-state index contributed by atoms with van der Waals surface area (Å²) in [5.41, 5.74) is 6.71. The van der Waals surface area contributed by atoms with E-state index in [9.17, 15) is 0 Å². The van der Waals surface area contributed by atoms with E-state index in [0.29, 0.717) is 17.3 Å². The summed E-state index contributed by atoms with van der Waals surface area (Å²) in [5.74, 6) is 0.618. The van der Waals surface area contributed by atoms with Gasteiger partial charge in [-0.15, -0.1) is 0 Å². The van der Waals surface area contributed by atoms with Gasteiger partial charge in [0, 0.05) is 23.4 Å². The smallest absolute Gasteiger partial charge is 0.138 e. The summed E-state index contributed by atoms with van der Waals surface area (Å²) in [7, 11) is 0. The molecule has 1 heterocycles. The molecule has 0 spiro atoms. The Morgan fingerprint density at radius 1 is 1.28 bits per heavy atom. The molecule has 5 heteroatoms. The number of hydrogen-bond donors (Lipinski definition) is 1. The molecule has 1 atom stereocenters. The van der Waals surface area contributed by atoms with Gasteiger partial charge in [-0.05, 0) is 35.9 Å². The van der Waals surface area contributed by atoms with Crippen LogP contribution in [0, 0.1) is 0 Å². The number of halogens is 2. The molecule has 0 saturated carbocycles. The molecule has 1 unspecified atom stereocenters. The number of ether oxygens (including phenoxy) is 1. The molecule has 1 aromatic heterocycles. The zero-order valence-electron chi connectivity index (χ0n) is 9.51. The van der Waals surface area contributed by atoms with Crippen LogP contribution >= 0.6 is 27.5 Å². The average Bonchev–Trinajstić information content (AvgIpc) is 2.39. The van der Waals surface area contributed by atoms with Crippen LogP contribution in [0.25, 0.3) is 0 Å². The van der Waals surface area contributed by atoms with Crippen molar-refractivity contribution in [2.75, 3.05) is 6.54 Å². The van der Waals surface area contributed by atoms with Crippen LogP contribution in [0.15, 0.2) is 47.2 Å². The van der Waals surface area contributed by atoms with Crippen molar-refractivity contribution >= 4 is 27.5 Å². The van der Waals surface area contributed by atoms with E-state index in [1.165, 1.54) is 0 Å². The first-order valence-corrected chi connectivity index (χ1v) is 6.59. The number of nitrogens with zero attached hydrogens (tertiary/aromatic N) is 1. The normalized spacial score (nSPS) is 12.2. The van der Waals surface area contributed by atoms with Crippen LogP contribution in [-0.2, 0) is 0 Å². The highest BCUT2D eigenvalue weighted by molar-refractivity contribution is 9.10. The highest BCUT2D eigenvalue weighted by Gasteiger charge is 2.13. The molecule has 3 nitrogen and oxygen atoms in total. The second kappa shape index (κ2) is 6.18. The molecule has 94 valence electrons. The average molecular weight is 328 g/mol. The fourth-order valence-corrected chi connectivity index (χ4v) is 2.27. The molecule has 0 aliphatic carbocycles. The zero-order valence-corrected chi connectivity index (χ0v) is 11.9. The van der Waals surface area contributed by atoms with Gasteiger partial charge in [0.25, 0.3) is 0 Å². The van der Waals surface area contributed by atoms with Crippen LogP contribution in [0.5, 0.6) is 5.75 Å². The topological polar surface area (TPSA) is 48.1 Å². The third-order valence-corrected chi connectivity index (χ3v) is 3.24. The van der Waals surface area contributed by atoms with Crippen molar-refractivity contribution in [3.63, 3.8) is 0 Å². The van der Waals surface area contributed by atoms with Gasteiger partial charge in [-0.25, -0.2) is 0 Å². The third kappa shape index (κ3) is 3.22. The number of pyridine rings is 1. The number of aromatic nitrogens is 1. The van der Waals surface area contributed by atoms with Crippen LogP contribution in [0.4, 0.5) is 0 Å². The third-order valence-electron chi connectivity index (χ3n) is 2.46. The lowest BCUT2D eigenvalue weighted by molar-refractivity contribution is 0.214. The van der Waals surface area contributed by atoms with Crippen molar-refractivity contribution in [2.45, 2.75) is 6.10 Å². The van der Waals surface area contributed by atoms with Gasteiger partial charge in [0.05, 0.1) is 5.02 Å². The standard InChI is InChI=1S/C13H12BrClN2O/c14-10-1-2-12(11(15)7-10)18-13(8-16)9-3-5-17-6-4-9/h1-7,13H,8,16H2. The zero-order chi connectivity index (χ0) is 13.0. The van der Waals surface area contributed by atoms with E-state index in [1.807, 2.05) is 24.3 Å². The Morgan fingerprint density at radius 2 is 2.00 bits per heavy atom. The highest BCUT2D eigenvalue weighted by Crippen LogP contribution is 2.31. The predicted octanol–water partition coefficient (Wildman–Crippen LogP) is 3.58. The summed E-state index contributed by atoms with van der Waals surface area (Å²) < 4.78 is 6.74. The minimum Gasteiger partial charge on any atom is -0.483 e. The molecule has 1 aromatic carbocycles. The minimum atomic E-state index is -0.230. The molecule has 18 heavy (non-hydrogen) atoms. The van der Waals surface area contributed by atoms with E-state index < -0.39 is 0 Å².